The fourth-order valence-corrected chi connectivity index (χ4v) is 2.80. The maximum atomic E-state index is 12.6. The van der Waals surface area contributed by atoms with Crippen LogP contribution in [0.4, 0.5) is 0 Å². The molecule has 1 fully saturated rings. The minimum absolute atomic E-state index is 0. The lowest BCUT2D eigenvalue weighted by Crippen LogP contribution is -2.35. The number of ketones is 1. The minimum atomic E-state index is 0. The van der Waals surface area contributed by atoms with E-state index in [9.17, 15) is 4.79 Å². The summed E-state index contributed by atoms with van der Waals surface area (Å²) in [5.41, 5.74) is 2.44. The van der Waals surface area contributed by atoms with Crippen molar-refractivity contribution in [1.82, 2.24) is 4.90 Å². The predicted molar refractivity (Wildman–Crippen MR) is 96.2 cm³/mol. The molecule has 5 heteroatoms. The molecule has 1 saturated heterocycles. The van der Waals surface area contributed by atoms with Crippen molar-refractivity contribution in [2.75, 3.05) is 33.4 Å². The van der Waals surface area contributed by atoms with Crippen LogP contribution < -0.4 is 4.74 Å². The van der Waals surface area contributed by atoms with Crippen LogP contribution >= 0.6 is 12.4 Å². The number of methoxy groups -OCH3 is 1. The van der Waals surface area contributed by atoms with Crippen molar-refractivity contribution < 1.29 is 14.3 Å². The Balaban J connectivity index is 0.00000208. The highest BCUT2D eigenvalue weighted by Crippen LogP contribution is 2.23. The molecule has 1 aliphatic heterocycles. The van der Waals surface area contributed by atoms with E-state index in [0.29, 0.717) is 11.1 Å². The first-order valence-corrected chi connectivity index (χ1v) is 7.84. The van der Waals surface area contributed by atoms with Crippen molar-refractivity contribution in [3.63, 3.8) is 0 Å². The Kier molecular flexibility index (Phi) is 6.79. The van der Waals surface area contributed by atoms with E-state index in [1.54, 1.807) is 7.11 Å². The maximum absolute atomic E-state index is 12.6. The average molecular weight is 348 g/mol. The van der Waals surface area contributed by atoms with Crippen LogP contribution in [0.25, 0.3) is 0 Å². The molecule has 0 aliphatic carbocycles. The van der Waals surface area contributed by atoms with Crippen molar-refractivity contribution in [2.24, 2.45) is 0 Å². The molecule has 2 aromatic carbocycles. The van der Waals surface area contributed by atoms with Crippen molar-refractivity contribution in [3.05, 3.63) is 65.2 Å². The highest BCUT2D eigenvalue weighted by Gasteiger charge is 2.16. The summed E-state index contributed by atoms with van der Waals surface area (Å²) in [5, 5.41) is 0. The Morgan fingerprint density at radius 3 is 2.46 bits per heavy atom. The largest absolute Gasteiger partial charge is 0.496 e. The second-order valence-electron chi connectivity index (χ2n) is 5.61. The van der Waals surface area contributed by atoms with Crippen LogP contribution in [-0.2, 0) is 11.3 Å². The van der Waals surface area contributed by atoms with Crippen LogP contribution in [0.3, 0.4) is 0 Å². The number of ether oxygens (including phenoxy) is 2. The molecule has 1 aliphatic rings. The summed E-state index contributed by atoms with van der Waals surface area (Å²) in [4.78, 5) is 14.9. The monoisotopic (exact) mass is 347 g/mol. The van der Waals surface area contributed by atoms with Gasteiger partial charge in [-0.05, 0) is 18.2 Å². The zero-order valence-electron chi connectivity index (χ0n) is 13.7. The van der Waals surface area contributed by atoms with Crippen LogP contribution in [0.2, 0.25) is 0 Å². The van der Waals surface area contributed by atoms with Crippen molar-refractivity contribution >= 4 is 18.2 Å². The van der Waals surface area contributed by atoms with Crippen molar-refractivity contribution in [2.45, 2.75) is 6.54 Å². The highest BCUT2D eigenvalue weighted by atomic mass is 35.5. The number of rotatable bonds is 5. The molecule has 24 heavy (non-hydrogen) atoms. The summed E-state index contributed by atoms with van der Waals surface area (Å²) >= 11 is 0. The summed E-state index contributed by atoms with van der Waals surface area (Å²) in [6.45, 7) is 4.08. The van der Waals surface area contributed by atoms with Crippen molar-refractivity contribution in [1.29, 1.82) is 0 Å². The van der Waals surface area contributed by atoms with Gasteiger partial charge in [-0.3, -0.25) is 9.69 Å². The quantitative estimate of drug-likeness (QED) is 0.779. The molecule has 0 bridgehead atoms. The smallest absolute Gasteiger partial charge is 0.193 e. The fraction of sp³-hybridized carbons (Fsp3) is 0.316. The summed E-state index contributed by atoms with van der Waals surface area (Å²) in [6.07, 6.45) is 0. The SMILES string of the molecule is COc1ccc(C(=O)c2ccccc2)cc1CN1CCOCC1.Cl. The Hall–Kier alpha value is -1.88. The Morgan fingerprint density at radius 1 is 1.08 bits per heavy atom. The first-order chi connectivity index (χ1) is 11.3. The van der Waals surface area contributed by atoms with E-state index >= 15 is 0 Å². The number of carbonyl (C=O) groups excluding carboxylic acids is 1. The topological polar surface area (TPSA) is 38.8 Å². The van der Waals surface area contributed by atoms with E-state index in [-0.39, 0.29) is 18.2 Å². The van der Waals surface area contributed by atoms with E-state index in [1.165, 1.54) is 0 Å². The van der Waals surface area contributed by atoms with Crippen LogP contribution in [0, 0.1) is 0 Å². The molecular weight excluding hydrogens is 326 g/mol. The molecule has 1 heterocycles. The van der Waals surface area contributed by atoms with Gasteiger partial charge in [0, 0.05) is 36.3 Å². The molecule has 0 radical (unpaired) electrons. The first-order valence-electron chi connectivity index (χ1n) is 7.84. The lowest BCUT2D eigenvalue weighted by Gasteiger charge is -2.27. The van der Waals surface area contributed by atoms with Crippen LogP contribution in [0.1, 0.15) is 21.5 Å². The molecule has 0 amide bonds. The number of benzene rings is 2. The van der Waals surface area contributed by atoms with Gasteiger partial charge in [0.25, 0.3) is 0 Å². The van der Waals surface area contributed by atoms with Gasteiger partial charge in [-0.2, -0.15) is 0 Å². The number of carbonyl (C=O) groups is 1. The summed E-state index contributed by atoms with van der Waals surface area (Å²) in [7, 11) is 1.66. The van der Waals surface area contributed by atoms with Crippen molar-refractivity contribution in [3.8, 4) is 5.75 Å². The molecule has 2 aromatic rings. The van der Waals surface area contributed by atoms with Gasteiger partial charge in [-0.25, -0.2) is 0 Å². The zero-order chi connectivity index (χ0) is 16.1. The Bertz CT molecular complexity index is 670. The Morgan fingerprint density at radius 2 is 1.79 bits per heavy atom. The van der Waals surface area contributed by atoms with Gasteiger partial charge in [0.15, 0.2) is 5.78 Å². The van der Waals surface area contributed by atoms with Crippen LogP contribution in [0.15, 0.2) is 48.5 Å². The van der Waals surface area contributed by atoms with Gasteiger partial charge >= 0.3 is 0 Å². The van der Waals surface area contributed by atoms with Gasteiger partial charge in [0.2, 0.25) is 0 Å². The highest BCUT2D eigenvalue weighted by molar-refractivity contribution is 6.09. The van der Waals surface area contributed by atoms with Crippen LogP contribution in [0.5, 0.6) is 5.75 Å². The van der Waals surface area contributed by atoms with Gasteiger partial charge in [0.1, 0.15) is 5.75 Å². The minimum Gasteiger partial charge on any atom is -0.496 e. The second-order valence-corrected chi connectivity index (χ2v) is 5.61. The van der Waals surface area contributed by atoms with Crippen LogP contribution in [-0.4, -0.2) is 44.1 Å². The van der Waals surface area contributed by atoms with E-state index in [1.807, 2.05) is 48.5 Å². The number of hydrogen-bond acceptors (Lipinski definition) is 4. The maximum Gasteiger partial charge on any atom is 0.193 e. The molecule has 0 atom stereocenters. The lowest BCUT2D eigenvalue weighted by atomic mass is 10.0. The number of halogens is 1. The normalized spacial score (nSPS) is 14.7. The molecule has 0 N–H and O–H groups in total. The molecule has 0 aromatic heterocycles. The predicted octanol–water partition coefficient (Wildman–Crippen LogP) is 3.18. The first kappa shape index (κ1) is 18.5. The third kappa shape index (κ3) is 4.35. The third-order valence-electron chi connectivity index (χ3n) is 4.08. The fourth-order valence-electron chi connectivity index (χ4n) is 2.80. The zero-order valence-corrected chi connectivity index (χ0v) is 14.6. The van der Waals surface area contributed by atoms with Gasteiger partial charge in [-0.1, -0.05) is 30.3 Å². The summed E-state index contributed by atoms with van der Waals surface area (Å²) in [6, 6.07) is 15.0. The van der Waals surface area contributed by atoms with E-state index in [0.717, 1.165) is 44.2 Å². The standard InChI is InChI=1S/C19H21NO3.ClH/c1-22-18-8-7-16(19(21)15-5-3-2-4-6-15)13-17(18)14-20-9-11-23-12-10-20;/h2-8,13H,9-12,14H2,1H3;1H. The van der Waals surface area contributed by atoms with Gasteiger partial charge in [-0.15, -0.1) is 12.4 Å². The Labute approximate surface area is 148 Å². The second kappa shape index (κ2) is 8.83. The molecule has 0 saturated carbocycles. The number of hydrogen-bond donors (Lipinski definition) is 0. The third-order valence-corrected chi connectivity index (χ3v) is 4.08. The van der Waals surface area contributed by atoms with E-state index in [2.05, 4.69) is 4.90 Å². The van der Waals surface area contributed by atoms with Gasteiger partial charge < -0.3 is 9.47 Å². The number of morpholine rings is 1. The summed E-state index contributed by atoms with van der Waals surface area (Å²) in [5.74, 6) is 0.859. The molecule has 0 unspecified atom stereocenters. The molecule has 4 nitrogen and oxygen atoms in total. The molecular formula is C19H22ClNO3. The number of nitrogens with zero attached hydrogens (tertiary/aromatic N) is 1. The van der Waals surface area contributed by atoms with Gasteiger partial charge in [0.05, 0.1) is 20.3 Å². The summed E-state index contributed by atoms with van der Waals surface area (Å²) < 4.78 is 10.8. The van der Waals surface area contributed by atoms with E-state index < -0.39 is 0 Å². The molecule has 0 spiro atoms. The molecule has 3 rings (SSSR count). The molecule has 128 valence electrons. The average Bonchev–Trinajstić information content (AvgIpc) is 2.62. The lowest BCUT2D eigenvalue weighted by molar-refractivity contribution is 0.0338. The van der Waals surface area contributed by atoms with E-state index in [4.69, 9.17) is 9.47 Å².